The molecule has 0 fully saturated rings. The van der Waals surface area contributed by atoms with Crippen LogP contribution in [0.25, 0.3) is 11.3 Å². The van der Waals surface area contributed by atoms with Crippen LogP contribution in [0.5, 0.6) is 0 Å². The van der Waals surface area contributed by atoms with Gasteiger partial charge in [-0.05, 0) is 71.8 Å². The number of ketones is 2. The number of rotatable bonds is 16. The van der Waals surface area contributed by atoms with Gasteiger partial charge in [0.05, 0.1) is 31.0 Å². The van der Waals surface area contributed by atoms with E-state index in [0.29, 0.717) is 17.2 Å². The third kappa shape index (κ3) is 19.4. The third-order valence-electron chi connectivity index (χ3n) is 7.36. The molecule has 0 bridgehead atoms. The van der Waals surface area contributed by atoms with Crippen molar-refractivity contribution >= 4 is 11.6 Å². The summed E-state index contributed by atoms with van der Waals surface area (Å²) in [5.74, 6) is 0.967. The Hall–Kier alpha value is -2.72. The first-order valence-corrected chi connectivity index (χ1v) is 16.3. The molecule has 6 nitrogen and oxygen atoms in total. The van der Waals surface area contributed by atoms with E-state index in [0.717, 1.165) is 74.7 Å². The monoisotopic (exact) mass is 661 g/mol. The molecule has 0 aliphatic rings. The van der Waals surface area contributed by atoms with Crippen LogP contribution in [0.3, 0.4) is 0 Å². The van der Waals surface area contributed by atoms with Crippen molar-refractivity contribution in [2.45, 2.75) is 125 Å². The topological polar surface area (TPSA) is 99.4 Å². The fourth-order valence-corrected chi connectivity index (χ4v) is 4.76. The summed E-state index contributed by atoms with van der Waals surface area (Å²) in [5, 5.41) is 18.4. The van der Waals surface area contributed by atoms with Crippen molar-refractivity contribution in [2.75, 3.05) is 14.1 Å². The molecular formula is C38H61CrN2O4+. The molecule has 2 aromatic rings. The molecule has 0 radical (unpaired) electrons. The Bertz CT molecular complexity index is 1110. The van der Waals surface area contributed by atoms with Gasteiger partial charge in [-0.1, -0.05) is 71.4 Å². The second-order valence-electron chi connectivity index (χ2n) is 11.6. The standard InChI is InChI=1S/C18H23N2.2C10H18O2.Cr/c1-4-5-14-18(20(2)3)17-13-9-12-16(19-17)15-10-7-6-8-11-15;2*1-4-5-6-7-10(8(2)11)9(3)12;/h6-10,12-13,18H,4-5,14H2,1-3H3;2*11H,4-7H2,1-3H3;/q-1;;;/p+2/b;10-8-;;. The number of carbonyl (C=O) groups excluding carboxylic acids is 2. The summed E-state index contributed by atoms with van der Waals surface area (Å²) in [4.78, 5) is 25.5. The molecule has 1 heterocycles. The zero-order chi connectivity index (χ0) is 33.5. The number of nitrogens with zero attached hydrogens (tertiary/aromatic N) is 2. The summed E-state index contributed by atoms with van der Waals surface area (Å²) in [7, 11) is 4.26. The molecule has 1 unspecified atom stereocenters. The Balaban J connectivity index is 0. The number of aliphatic hydroxyl groups excluding tert-OH is 2. The molecule has 0 aliphatic carbocycles. The minimum atomic E-state index is 0. The second-order valence-corrected chi connectivity index (χ2v) is 11.6. The number of hydrogen-bond donors (Lipinski definition) is 2. The van der Waals surface area contributed by atoms with E-state index in [-0.39, 0.29) is 40.4 Å². The molecule has 2 rings (SSSR count). The van der Waals surface area contributed by atoms with E-state index in [1.165, 1.54) is 12.8 Å². The van der Waals surface area contributed by atoms with Gasteiger partial charge in [-0.3, -0.25) is 14.6 Å². The molecule has 1 aromatic carbocycles. The van der Waals surface area contributed by atoms with Crippen LogP contribution in [-0.2, 0) is 17.4 Å². The average molecular weight is 662 g/mol. The van der Waals surface area contributed by atoms with Gasteiger partial charge < -0.3 is 15.1 Å². The maximum atomic E-state index is 9.18. The summed E-state index contributed by atoms with van der Waals surface area (Å²) < 4.78 is 0. The van der Waals surface area contributed by atoms with E-state index in [2.05, 4.69) is 70.1 Å². The van der Waals surface area contributed by atoms with E-state index in [9.17, 15) is 19.8 Å². The quantitative estimate of drug-likeness (QED) is 0.0615. The largest absolute Gasteiger partial charge is 0.512 e. The maximum absolute atomic E-state index is 9.18. The van der Waals surface area contributed by atoms with Crippen LogP contribution in [0.1, 0.15) is 131 Å². The molecule has 45 heavy (non-hydrogen) atoms. The van der Waals surface area contributed by atoms with Crippen molar-refractivity contribution in [3.05, 3.63) is 76.9 Å². The Labute approximate surface area is 285 Å². The SMILES string of the molecule is CCCCC(c1cccc(-c2[c-]cccc2)n1)N(C)C.CCCCC/C(C(C)=[OH+])=C(\C)O.CCCCCC(C(C)=[OH+])=C(C)O.[Cr]. The van der Waals surface area contributed by atoms with Gasteiger partial charge in [-0.2, -0.15) is 0 Å². The predicted molar refractivity (Wildman–Crippen MR) is 189 cm³/mol. The van der Waals surface area contributed by atoms with Gasteiger partial charge >= 0.3 is 11.6 Å². The molecule has 0 saturated heterocycles. The van der Waals surface area contributed by atoms with Crippen LogP contribution >= 0.6 is 0 Å². The van der Waals surface area contributed by atoms with E-state index in [1.54, 1.807) is 27.7 Å². The zero-order valence-corrected chi connectivity index (χ0v) is 30.8. The molecule has 4 N–H and O–H groups in total. The minimum absolute atomic E-state index is 0. The normalized spacial score (nSPS) is 12.3. The fraction of sp³-hybridized carbons (Fsp3) is 0.553. The van der Waals surface area contributed by atoms with Gasteiger partial charge in [0.1, 0.15) is 11.5 Å². The maximum Gasteiger partial charge on any atom is 0.319 e. The third-order valence-corrected chi connectivity index (χ3v) is 7.36. The molecule has 0 spiro atoms. The summed E-state index contributed by atoms with van der Waals surface area (Å²) >= 11 is 0. The van der Waals surface area contributed by atoms with Gasteiger partial charge in [0.15, 0.2) is 0 Å². The number of aromatic nitrogens is 1. The van der Waals surface area contributed by atoms with Crippen LogP contribution in [0.4, 0.5) is 0 Å². The van der Waals surface area contributed by atoms with Crippen molar-refractivity contribution < 1.29 is 37.2 Å². The molecule has 252 valence electrons. The Kier molecular flexibility index (Phi) is 26.1. The van der Waals surface area contributed by atoms with E-state index < -0.39 is 0 Å². The molecule has 0 aliphatic heterocycles. The number of unbranched alkanes of at least 4 members (excludes halogenated alkanes) is 5. The van der Waals surface area contributed by atoms with Gasteiger partial charge in [0.2, 0.25) is 0 Å². The summed E-state index contributed by atoms with van der Waals surface area (Å²) in [5.41, 5.74) is 4.61. The summed E-state index contributed by atoms with van der Waals surface area (Å²) in [6.45, 7) is 12.9. The second kappa shape index (κ2) is 26.5. The first-order valence-electron chi connectivity index (χ1n) is 16.3. The predicted octanol–water partition coefficient (Wildman–Crippen LogP) is 10.3. The number of allylic oxidation sites excluding steroid dienone is 4. The molecule has 0 amide bonds. The van der Waals surface area contributed by atoms with E-state index >= 15 is 0 Å². The Morgan fingerprint density at radius 2 is 1.27 bits per heavy atom. The number of pyridine rings is 1. The summed E-state index contributed by atoms with van der Waals surface area (Å²) in [6, 6.07) is 17.9. The number of hydrogen-bond acceptors (Lipinski definition) is 4. The fourth-order valence-electron chi connectivity index (χ4n) is 4.76. The first kappa shape index (κ1) is 44.4. The number of benzene rings is 1. The van der Waals surface area contributed by atoms with Gasteiger partial charge in [-0.15, -0.1) is 35.9 Å². The van der Waals surface area contributed by atoms with Crippen molar-refractivity contribution in [2.24, 2.45) is 0 Å². The minimum Gasteiger partial charge on any atom is -0.512 e. The van der Waals surface area contributed by atoms with Gasteiger partial charge in [0.25, 0.3) is 0 Å². The summed E-state index contributed by atoms with van der Waals surface area (Å²) in [6.07, 6.45) is 11.8. The Morgan fingerprint density at radius 3 is 1.64 bits per heavy atom. The van der Waals surface area contributed by atoms with Crippen LogP contribution < -0.4 is 0 Å². The smallest absolute Gasteiger partial charge is 0.319 e. The van der Waals surface area contributed by atoms with Crippen molar-refractivity contribution in [3.63, 3.8) is 0 Å². The van der Waals surface area contributed by atoms with Crippen LogP contribution in [0, 0.1) is 6.07 Å². The van der Waals surface area contributed by atoms with Gasteiger partial charge in [0, 0.05) is 23.1 Å². The van der Waals surface area contributed by atoms with E-state index in [1.807, 2.05) is 18.2 Å². The zero-order valence-electron chi connectivity index (χ0n) is 29.5. The molecule has 0 saturated carbocycles. The molecule has 7 heteroatoms. The van der Waals surface area contributed by atoms with Crippen LogP contribution in [-0.4, -0.2) is 55.3 Å². The van der Waals surface area contributed by atoms with Crippen molar-refractivity contribution in [1.29, 1.82) is 0 Å². The van der Waals surface area contributed by atoms with Crippen molar-refractivity contribution in [3.8, 4) is 11.3 Å². The Morgan fingerprint density at radius 1 is 0.756 bits per heavy atom. The molecule has 1 atom stereocenters. The molecular weight excluding hydrogens is 600 g/mol. The van der Waals surface area contributed by atoms with E-state index in [4.69, 9.17) is 4.98 Å². The van der Waals surface area contributed by atoms with Crippen LogP contribution in [0.15, 0.2) is 65.1 Å². The molecule has 1 aromatic heterocycles. The first-order chi connectivity index (χ1) is 20.9. The van der Waals surface area contributed by atoms with Crippen LogP contribution in [0.2, 0.25) is 0 Å². The number of aliphatic hydroxyl groups is 2. The van der Waals surface area contributed by atoms with Gasteiger partial charge in [-0.25, -0.2) is 0 Å². The average Bonchev–Trinajstić information content (AvgIpc) is 2.98. The van der Waals surface area contributed by atoms with Crippen molar-refractivity contribution in [1.82, 2.24) is 9.88 Å².